The Bertz CT molecular complexity index is 1550. The van der Waals surface area contributed by atoms with Gasteiger partial charge in [-0.25, -0.2) is 19.7 Å². The van der Waals surface area contributed by atoms with Crippen molar-refractivity contribution in [3.8, 4) is 11.4 Å². The molecule has 3 aromatic heterocycles. The van der Waals surface area contributed by atoms with E-state index in [1.807, 2.05) is 29.2 Å². The van der Waals surface area contributed by atoms with Crippen molar-refractivity contribution in [1.29, 1.82) is 0 Å². The van der Waals surface area contributed by atoms with Gasteiger partial charge in [-0.05, 0) is 47.0 Å². The fourth-order valence-corrected chi connectivity index (χ4v) is 6.57. The van der Waals surface area contributed by atoms with Gasteiger partial charge in [-0.15, -0.1) is 11.3 Å². The zero-order valence-electron chi connectivity index (χ0n) is 23.3. The van der Waals surface area contributed by atoms with Crippen LogP contribution in [0.15, 0.2) is 38.9 Å². The SMILES string of the molecule is CC(C)(C)c1cc(-c2nc(C3CCN(C(=O)Cn4c(=O)[nH]c5ccccc54)CC3)sc2Br)nc(C(C)(C)C)n1. The molecule has 0 bridgehead atoms. The van der Waals surface area contributed by atoms with E-state index in [0.29, 0.717) is 13.1 Å². The monoisotopic (exact) mass is 610 g/mol. The lowest BCUT2D eigenvalue weighted by molar-refractivity contribution is -0.132. The van der Waals surface area contributed by atoms with Crippen molar-refractivity contribution >= 4 is 44.2 Å². The molecular weight excluding hydrogens is 576 g/mol. The van der Waals surface area contributed by atoms with E-state index in [9.17, 15) is 9.59 Å². The number of aromatic nitrogens is 5. The van der Waals surface area contributed by atoms with Crippen LogP contribution in [0.1, 0.15) is 76.8 Å². The highest BCUT2D eigenvalue weighted by molar-refractivity contribution is 9.11. The lowest BCUT2D eigenvalue weighted by Gasteiger charge is -2.31. The molecule has 0 radical (unpaired) electrons. The Labute approximate surface area is 241 Å². The zero-order valence-corrected chi connectivity index (χ0v) is 25.7. The van der Waals surface area contributed by atoms with Gasteiger partial charge in [-0.2, -0.15) is 0 Å². The predicted octanol–water partition coefficient (Wildman–Crippen LogP) is 6.01. The van der Waals surface area contributed by atoms with Crippen molar-refractivity contribution in [3.63, 3.8) is 0 Å². The molecule has 0 atom stereocenters. The molecule has 0 saturated carbocycles. The fraction of sp³-hybridized carbons (Fsp3) is 0.483. The average molecular weight is 612 g/mol. The van der Waals surface area contributed by atoms with Crippen molar-refractivity contribution in [3.05, 3.63) is 61.1 Å². The number of nitrogens with one attached hydrogen (secondary N) is 1. The van der Waals surface area contributed by atoms with Crippen molar-refractivity contribution in [2.45, 2.75) is 77.7 Å². The smallest absolute Gasteiger partial charge is 0.326 e. The van der Waals surface area contributed by atoms with Crippen molar-refractivity contribution in [2.75, 3.05) is 13.1 Å². The minimum Gasteiger partial charge on any atom is -0.341 e. The number of piperidine rings is 1. The molecule has 206 valence electrons. The summed E-state index contributed by atoms with van der Waals surface area (Å²) in [5, 5.41) is 1.06. The van der Waals surface area contributed by atoms with Crippen LogP contribution in [0.4, 0.5) is 0 Å². The summed E-state index contributed by atoms with van der Waals surface area (Å²) in [7, 11) is 0. The number of hydrogen-bond donors (Lipinski definition) is 1. The van der Waals surface area contributed by atoms with E-state index in [0.717, 1.165) is 55.6 Å². The molecule has 1 aromatic carbocycles. The summed E-state index contributed by atoms with van der Waals surface area (Å²) in [4.78, 5) is 45.1. The molecule has 39 heavy (non-hydrogen) atoms. The quantitative estimate of drug-likeness (QED) is 0.305. The molecule has 1 saturated heterocycles. The van der Waals surface area contributed by atoms with Gasteiger partial charge in [0.15, 0.2) is 0 Å². The number of H-pyrrole nitrogens is 1. The summed E-state index contributed by atoms with van der Waals surface area (Å²) in [6, 6.07) is 9.51. The van der Waals surface area contributed by atoms with E-state index < -0.39 is 0 Å². The number of imidazole rings is 1. The lowest BCUT2D eigenvalue weighted by atomic mass is 9.89. The molecule has 0 aliphatic carbocycles. The number of benzene rings is 1. The van der Waals surface area contributed by atoms with Crippen LogP contribution in [0.5, 0.6) is 0 Å². The first-order chi connectivity index (χ1) is 18.3. The first kappa shape index (κ1) is 27.7. The number of likely N-dealkylation sites (tertiary alicyclic amines) is 1. The maximum absolute atomic E-state index is 13.1. The Morgan fingerprint density at radius 2 is 1.74 bits per heavy atom. The second-order valence-electron chi connectivity index (χ2n) is 12.3. The molecular formula is C29H35BrN6O2S. The zero-order chi connectivity index (χ0) is 28.1. The molecule has 1 aliphatic heterocycles. The molecule has 1 amide bonds. The minimum atomic E-state index is -0.256. The van der Waals surface area contributed by atoms with Crippen LogP contribution in [-0.4, -0.2) is 48.4 Å². The summed E-state index contributed by atoms with van der Waals surface area (Å²) >= 11 is 5.41. The van der Waals surface area contributed by atoms with E-state index >= 15 is 0 Å². The maximum atomic E-state index is 13.1. The van der Waals surface area contributed by atoms with Crippen molar-refractivity contribution in [2.24, 2.45) is 0 Å². The Hall–Kier alpha value is -2.85. The number of carbonyl (C=O) groups is 1. The highest BCUT2D eigenvalue weighted by atomic mass is 79.9. The van der Waals surface area contributed by atoms with Gasteiger partial charge in [0.05, 0.1) is 31.2 Å². The van der Waals surface area contributed by atoms with Gasteiger partial charge in [-0.1, -0.05) is 53.7 Å². The van der Waals surface area contributed by atoms with Gasteiger partial charge in [-0.3, -0.25) is 9.36 Å². The summed E-state index contributed by atoms with van der Waals surface area (Å²) in [5.74, 6) is 1.05. The fourth-order valence-electron chi connectivity index (χ4n) is 4.81. The topological polar surface area (TPSA) is 96.8 Å². The van der Waals surface area contributed by atoms with Crippen molar-refractivity contribution in [1.82, 2.24) is 29.4 Å². The number of carbonyl (C=O) groups excluding carboxylic acids is 1. The Kier molecular flexibility index (Phi) is 7.30. The van der Waals surface area contributed by atoms with E-state index in [-0.39, 0.29) is 34.9 Å². The van der Waals surface area contributed by atoms with Crippen LogP contribution >= 0.6 is 27.3 Å². The average Bonchev–Trinajstić information content (AvgIpc) is 3.42. The second-order valence-corrected chi connectivity index (χ2v) is 14.7. The third kappa shape index (κ3) is 5.72. The highest BCUT2D eigenvalue weighted by Crippen LogP contribution is 2.40. The summed E-state index contributed by atoms with van der Waals surface area (Å²) in [6.45, 7) is 14.2. The first-order valence-electron chi connectivity index (χ1n) is 13.3. The Balaban J connectivity index is 1.32. The molecule has 1 N–H and O–H groups in total. The van der Waals surface area contributed by atoms with Gasteiger partial charge in [0.2, 0.25) is 5.91 Å². The number of hydrogen-bond acceptors (Lipinski definition) is 6. The normalized spacial score (nSPS) is 15.3. The molecule has 0 spiro atoms. The number of amides is 1. The third-order valence-corrected chi connectivity index (χ3v) is 9.05. The number of aromatic amines is 1. The predicted molar refractivity (Wildman–Crippen MR) is 159 cm³/mol. The number of halogens is 1. The molecule has 4 aromatic rings. The summed E-state index contributed by atoms with van der Waals surface area (Å²) < 4.78 is 2.49. The number of thiazole rings is 1. The lowest BCUT2D eigenvalue weighted by Crippen LogP contribution is -2.40. The number of nitrogens with zero attached hydrogens (tertiary/aromatic N) is 5. The van der Waals surface area contributed by atoms with Crippen LogP contribution in [-0.2, 0) is 22.2 Å². The number of fused-ring (bicyclic) bond motifs is 1. The van der Waals surface area contributed by atoms with Crippen LogP contribution in [0.2, 0.25) is 0 Å². The standard InChI is InChI=1S/C29H35BrN6O2S/c1-28(2,3)21-15-19(31-26(33-21)29(4,5)6)23-24(30)39-25(34-23)17-11-13-35(14-12-17)22(37)16-36-20-10-8-7-9-18(20)32-27(36)38/h7-10,15,17H,11-14,16H2,1-6H3,(H,32,38). The van der Waals surface area contributed by atoms with Crippen LogP contribution < -0.4 is 5.69 Å². The molecule has 8 nitrogen and oxygen atoms in total. The molecule has 5 rings (SSSR count). The molecule has 10 heteroatoms. The van der Waals surface area contributed by atoms with E-state index in [2.05, 4.69) is 68.5 Å². The first-order valence-corrected chi connectivity index (χ1v) is 14.9. The summed E-state index contributed by atoms with van der Waals surface area (Å²) in [6.07, 6.45) is 1.66. The van der Waals surface area contributed by atoms with Crippen LogP contribution in [0.3, 0.4) is 0 Å². The van der Waals surface area contributed by atoms with Crippen LogP contribution in [0.25, 0.3) is 22.4 Å². The summed E-state index contributed by atoms with van der Waals surface area (Å²) in [5.41, 5.74) is 3.63. The molecule has 4 heterocycles. The van der Waals surface area contributed by atoms with Gasteiger partial charge < -0.3 is 9.88 Å². The van der Waals surface area contributed by atoms with E-state index in [1.54, 1.807) is 11.3 Å². The van der Waals surface area contributed by atoms with Crippen LogP contribution in [0, 0.1) is 0 Å². The third-order valence-electron chi connectivity index (χ3n) is 7.18. The number of rotatable bonds is 4. The minimum absolute atomic E-state index is 0.0354. The largest absolute Gasteiger partial charge is 0.341 e. The van der Waals surface area contributed by atoms with Gasteiger partial charge in [0.1, 0.15) is 18.1 Å². The second kappa shape index (κ2) is 10.3. The highest BCUT2D eigenvalue weighted by Gasteiger charge is 2.29. The van der Waals surface area contributed by atoms with Gasteiger partial charge >= 0.3 is 5.69 Å². The Morgan fingerprint density at radius 3 is 2.41 bits per heavy atom. The molecule has 1 fully saturated rings. The van der Waals surface area contributed by atoms with Gasteiger partial charge in [0.25, 0.3) is 0 Å². The van der Waals surface area contributed by atoms with E-state index in [4.69, 9.17) is 15.0 Å². The molecule has 1 aliphatic rings. The van der Waals surface area contributed by atoms with E-state index in [1.165, 1.54) is 4.57 Å². The number of para-hydroxylation sites is 2. The van der Waals surface area contributed by atoms with Crippen molar-refractivity contribution < 1.29 is 4.79 Å². The maximum Gasteiger partial charge on any atom is 0.326 e. The Morgan fingerprint density at radius 1 is 1.05 bits per heavy atom. The van der Waals surface area contributed by atoms with Gasteiger partial charge in [0, 0.05) is 29.8 Å². The molecule has 0 unspecified atom stereocenters.